The summed E-state index contributed by atoms with van der Waals surface area (Å²) in [6, 6.07) is 1.49. The van der Waals surface area contributed by atoms with Crippen molar-refractivity contribution in [1.29, 1.82) is 0 Å². The molecule has 0 aromatic heterocycles. The normalized spacial score (nSPS) is 32.1. The van der Waals surface area contributed by atoms with Gasteiger partial charge in [-0.25, -0.2) is 0 Å². The third-order valence-electron chi connectivity index (χ3n) is 4.88. The summed E-state index contributed by atoms with van der Waals surface area (Å²) in [5, 5.41) is 0. The van der Waals surface area contributed by atoms with Crippen molar-refractivity contribution in [2.45, 2.75) is 63.6 Å². The minimum Gasteiger partial charge on any atom is -0.330 e. The molecule has 1 heterocycles. The van der Waals surface area contributed by atoms with Gasteiger partial charge in [-0.2, -0.15) is 0 Å². The van der Waals surface area contributed by atoms with Crippen LogP contribution in [0, 0.1) is 0 Å². The van der Waals surface area contributed by atoms with Gasteiger partial charge in [0.2, 0.25) is 0 Å². The third kappa shape index (κ3) is 2.83. The SMILES string of the molecule is CN1C(CCN)CN(C2CCCC2)CC1(C)C. The van der Waals surface area contributed by atoms with E-state index in [0.29, 0.717) is 11.6 Å². The molecule has 17 heavy (non-hydrogen) atoms. The molecule has 2 fully saturated rings. The molecule has 0 aromatic carbocycles. The molecule has 1 atom stereocenters. The van der Waals surface area contributed by atoms with Crippen molar-refractivity contribution < 1.29 is 0 Å². The van der Waals surface area contributed by atoms with Gasteiger partial charge in [-0.15, -0.1) is 0 Å². The van der Waals surface area contributed by atoms with Crippen molar-refractivity contribution >= 4 is 0 Å². The van der Waals surface area contributed by atoms with Gasteiger partial charge in [0.15, 0.2) is 0 Å². The number of hydrogen-bond donors (Lipinski definition) is 1. The molecule has 1 aliphatic carbocycles. The van der Waals surface area contributed by atoms with Crippen molar-refractivity contribution in [3.05, 3.63) is 0 Å². The molecule has 3 heteroatoms. The summed E-state index contributed by atoms with van der Waals surface area (Å²) in [4.78, 5) is 5.29. The summed E-state index contributed by atoms with van der Waals surface area (Å²) in [5.74, 6) is 0. The summed E-state index contributed by atoms with van der Waals surface area (Å²) in [7, 11) is 2.27. The van der Waals surface area contributed by atoms with Crippen LogP contribution < -0.4 is 5.73 Å². The van der Waals surface area contributed by atoms with E-state index in [1.54, 1.807) is 0 Å². The van der Waals surface area contributed by atoms with Gasteiger partial charge >= 0.3 is 0 Å². The summed E-state index contributed by atoms with van der Waals surface area (Å²) < 4.78 is 0. The van der Waals surface area contributed by atoms with Crippen LogP contribution >= 0.6 is 0 Å². The van der Waals surface area contributed by atoms with E-state index < -0.39 is 0 Å². The molecule has 1 aliphatic heterocycles. The Kier molecular flexibility index (Phi) is 4.11. The Bertz CT molecular complexity index is 246. The standard InChI is InChI=1S/C14H29N3/c1-14(2)11-17(12-6-4-5-7-12)10-13(8-9-15)16(14)3/h12-13H,4-11,15H2,1-3H3. The quantitative estimate of drug-likeness (QED) is 0.813. The molecule has 0 radical (unpaired) electrons. The number of hydrogen-bond acceptors (Lipinski definition) is 3. The first-order valence-electron chi connectivity index (χ1n) is 7.21. The highest BCUT2D eigenvalue weighted by Crippen LogP contribution is 2.31. The Labute approximate surface area is 106 Å². The van der Waals surface area contributed by atoms with Crippen molar-refractivity contribution in [3.8, 4) is 0 Å². The highest BCUT2D eigenvalue weighted by Gasteiger charge is 2.39. The van der Waals surface area contributed by atoms with Gasteiger partial charge in [0.1, 0.15) is 0 Å². The van der Waals surface area contributed by atoms with Crippen LogP contribution in [0.4, 0.5) is 0 Å². The topological polar surface area (TPSA) is 32.5 Å². The molecular weight excluding hydrogens is 210 g/mol. The predicted octanol–water partition coefficient (Wildman–Crippen LogP) is 1.67. The van der Waals surface area contributed by atoms with Crippen LogP contribution in [-0.2, 0) is 0 Å². The molecule has 100 valence electrons. The van der Waals surface area contributed by atoms with E-state index >= 15 is 0 Å². The van der Waals surface area contributed by atoms with Crippen molar-refractivity contribution in [2.24, 2.45) is 5.73 Å². The van der Waals surface area contributed by atoms with Gasteiger partial charge < -0.3 is 5.73 Å². The van der Waals surface area contributed by atoms with Gasteiger partial charge in [-0.1, -0.05) is 12.8 Å². The van der Waals surface area contributed by atoms with E-state index in [9.17, 15) is 0 Å². The number of piperazine rings is 1. The van der Waals surface area contributed by atoms with Crippen LogP contribution in [0.2, 0.25) is 0 Å². The van der Waals surface area contributed by atoms with Gasteiger partial charge in [-0.05, 0) is 46.7 Å². The molecule has 0 amide bonds. The highest BCUT2D eigenvalue weighted by molar-refractivity contribution is 4.96. The smallest absolute Gasteiger partial charge is 0.0280 e. The van der Waals surface area contributed by atoms with Crippen molar-refractivity contribution in [2.75, 3.05) is 26.7 Å². The average molecular weight is 239 g/mol. The highest BCUT2D eigenvalue weighted by atomic mass is 15.3. The number of rotatable bonds is 3. The lowest BCUT2D eigenvalue weighted by Crippen LogP contribution is -2.64. The number of likely N-dealkylation sites (N-methyl/N-ethyl adjacent to an activating group) is 1. The molecule has 0 aromatic rings. The van der Waals surface area contributed by atoms with Crippen LogP contribution in [0.25, 0.3) is 0 Å². The maximum absolute atomic E-state index is 5.76. The zero-order valence-corrected chi connectivity index (χ0v) is 11.8. The van der Waals surface area contributed by atoms with Gasteiger partial charge in [0.25, 0.3) is 0 Å². The van der Waals surface area contributed by atoms with Crippen LogP contribution in [-0.4, -0.2) is 54.1 Å². The summed E-state index contributed by atoms with van der Waals surface area (Å²) in [6.07, 6.45) is 6.81. The third-order valence-corrected chi connectivity index (χ3v) is 4.88. The maximum atomic E-state index is 5.76. The van der Waals surface area contributed by atoms with Crippen LogP contribution in [0.1, 0.15) is 46.0 Å². The van der Waals surface area contributed by atoms with Crippen LogP contribution in [0.15, 0.2) is 0 Å². The second-order valence-corrected chi connectivity index (χ2v) is 6.52. The Morgan fingerprint density at radius 1 is 1.24 bits per heavy atom. The molecule has 3 nitrogen and oxygen atoms in total. The van der Waals surface area contributed by atoms with E-state index in [1.807, 2.05) is 0 Å². The molecular formula is C14H29N3. The first-order valence-corrected chi connectivity index (χ1v) is 7.21. The zero-order chi connectivity index (χ0) is 12.5. The maximum Gasteiger partial charge on any atom is 0.0280 e. The molecule has 1 saturated heterocycles. The van der Waals surface area contributed by atoms with E-state index in [-0.39, 0.29) is 0 Å². The summed E-state index contributed by atoms with van der Waals surface area (Å²) in [6.45, 7) is 8.00. The van der Waals surface area contributed by atoms with Gasteiger partial charge in [0, 0.05) is 30.7 Å². The Hall–Kier alpha value is -0.120. The minimum atomic E-state index is 0.292. The molecule has 0 spiro atoms. The van der Waals surface area contributed by atoms with Crippen molar-refractivity contribution in [3.63, 3.8) is 0 Å². The van der Waals surface area contributed by atoms with Crippen LogP contribution in [0.3, 0.4) is 0 Å². The zero-order valence-electron chi connectivity index (χ0n) is 11.8. The van der Waals surface area contributed by atoms with E-state index in [1.165, 1.54) is 38.8 Å². The van der Waals surface area contributed by atoms with Gasteiger partial charge in [-0.3, -0.25) is 9.80 Å². The molecule has 1 unspecified atom stereocenters. The summed E-state index contributed by atoms with van der Waals surface area (Å²) in [5.41, 5.74) is 6.06. The molecule has 0 bridgehead atoms. The molecule has 1 saturated carbocycles. The average Bonchev–Trinajstić information content (AvgIpc) is 2.78. The second kappa shape index (κ2) is 5.25. The fraction of sp³-hybridized carbons (Fsp3) is 1.00. The second-order valence-electron chi connectivity index (χ2n) is 6.52. The Morgan fingerprint density at radius 2 is 1.88 bits per heavy atom. The molecule has 2 rings (SSSR count). The van der Waals surface area contributed by atoms with Crippen LogP contribution in [0.5, 0.6) is 0 Å². The van der Waals surface area contributed by atoms with E-state index in [4.69, 9.17) is 5.73 Å². The lowest BCUT2D eigenvalue weighted by atomic mass is 9.92. The lowest BCUT2D eigenvalue weighted by Gasteiger charge is -2.52. The van der Waals surface area contributed by atoms with Crippen molar-refractivity contribution in [1.82, 2.24) is 9.80 Å². The monoisotopic (exact) mass is 239 g/mol. The lowest BCUT2D eigenvalue weighted by molar-refractivity contribution is -0.0255. The molecule has 2 aliphatic rings. The number of nitrogens with zero attached hydrogens (tertiary/aromatic N) is 2. The van der Waals surface area contributed by atoms with E-state index in [0.717, 1.165) is 19.0 Å². The Balaban J connectivity index is 2.04. The Morgan fingerprint density at radius 3 is 2.47 bits per heavy atom. The molecule has 2 N–H and O–H groups in total. The fourth-order valence-electron chi connectivity index (χ4n) is 3.59. The fourth-order valence-corrected chi connectivity index (χ4v) is 3.59. The first-order chi connectivity index (χ1) is 8.04. The first kappa shape index (κ1) is 13.3. The minimum absolute atomic E-state index is 0.292. The van der Waals surface area contributed by atoms with E-state index in [2.05, 4.69) is 30.7 Å². The van der Waals surface area contributed by atoms with Gasteiger partial charge in [0.05, 0.1) is 0 Å². The number of nitrogens with two attached hydrogens (primary N) is 1. The summed E-state index contributed by atoms with van der Waals surface area (Å²) >= 11 is 0. The largest absolute Gasteiger partial charge is 0.330 e. The predicted molar refractivity (Wildman–Crippen MR) is 73.1 cm³/mol.